The topological polar surface area (TPSA) is 83.3 Å². The van der Waals surface area contributed by atoms with E-state index in [1.807, 2.05) is 56.3 Å². The monoisotopic (exact) mass is 345 g/mol. The number of hydrogen-bond acceptors (Lipinski definition) is 6. The van der Waals surface area contributed by atoms with Crippen molar-refractivity contribution in [3.05, 3.63) is 41.9 Å². The van der Waals surface area contributed by atoms with Crippen molar-refractivity contribution >= 4 is 34.5 Å². The minimum absolute atomic E-state index is 0.0406. The summed E-state index contributed by atoms with van der Waals surface area (Å²) in [6.07, 6.45) is 0. The first-order valence-electron chi connectivity index (χ1n) is 7.53. The highest BCUT2D eigenvalue weighted by molar-refractivity contribution is 7.00. The van der Waals surface area contributed by atoms with E-state index in [2.05, 4.69) is 19.4 Å². The molecule has 3 rings (SSSR count). The number of carbonyl (C=O) groups is 1. The van der Waals surface area contributed by atoms with Gasteiger partial charge in [0, 0.05) is 6.54 Å². The predicted molar refractivity (Wildman–Crippen MR) is 94.3 cm³/mol. The smallest absolute Gasteiger partial charge is 0.319 e. The number of aryl methyl sites for hydroxylation is 1. The third kappa shape index (κ3) is 3.55. The number of nitrogens with zero attached hydrogens (tertiary/aromatic N) is 3. The minimum Gasteiger partial charge on any atom is -0.465 e. The van der Waals surface area contributed by atoms with Crippen LogP contribution in [0.5, 0.6) is 0 Å². The summed E-state index contributed by atoms with van der Waals surface area (Å²) in [6, 6.07) is 9.04. The lowest BCUT2D eigenvalue weighted by molar-refractivity contribution is 0.232. The van der Waals surface area contributed by atoms with Gasteiger partial charge in [-0.3, -0.25) is 4.90 Å². The van der Waals surface area contributed by atoms with E-state index in [-0.39, 0.29) is 12.1 Å². The fourth-order valence-electron chi connectivity index (χ4n) is 2.43. The van der Waals surface area contributed by atoms with E-state index >= 15 is 0 Å². The summed E-state index contributed by atoms with van der Waals surface area (Å²) in [4.78, 5) is 14.2. The Morgan fingerprint density at radius 1 is 1.29 bits per heavy atom. The van der Waals surface area contributed by atoms with Crippen LogP contribution in [0.15, 0.2) is 34.7 Å². The van der Waals surface area contributed by atoms with Gasteiger partial charge in [-0.25, -0.2) is 4.79 Å². The molecule has 0 saturated carbocycles. The molecular formula is C16H19N5O2S. The largest absolute Gasteiger partial charge is 0.465 e. The number of anilines is 1. The number of hydrogen-bond donors (Lipinski definition) is 2. The molecule has 1 aromatic carbocycles. The minimum atomic E-state index is -0.286. The highest BCUT2D eigenvalue weighted by atomic mass is 32.1. The second-order valence-corrected chi connectivity index (χ2v) is 6.23. The van der Waals surface area contributed by atoms with E-state index in [0.29, 0.717) is 17.7 Å². The van der Waals surface area contributed by atoms with Crippen LogP contribution < -0.4 is 10.6 Å². The van der Waals surface area contributed by atoms with Gasteiger partial charge in [-0.05, 0) is 45.3 Å². The van der Waals surface area contributed by atoms with Crippen LogP contribution in [0, 0.1) is 6.92 Å². The summed E-state index contributed by atoms with van der Waals surface area (Å²) < 4.78 is 14.1. The summed E-state index contributed by atoms with van der Waals surface area (Å²) >= 11 is 1.13. The predicted octanol–water partition coefficient (Wildman–Crippen LogP) is 3.02. The number of nitrogens with one attached hydrogen (secondary N) is 2. The van der Waals surface area contributed by atoms with E-state index in [9.17, 15) is 4.79 Å². The lowest BCUT2D eigenvalue weighted by Crippen LogP contribution is -2.36. The summed E-state index contributed by atoms with van der Waals surface area (Å²) in [5.41, 5.74) is 2.12. The Kier molecular flexibility index (Phi) is 4.77. The van der Waals surface area contributed by atoms with Crippen molar-refractivity contribution < 1.29 is 9.21 Å². The van der Waals surface area contributed by atoms with Crippen LogP contribution in [0.25, 0.3) is 11.0 Å². The van der Waals surface area contributed by atoms with Crippen LogP contribution in [-0.4, -0.2) is 40.3 Å². The van der Waals surface area contributed by atoms with E-state index in [0.717, 1.165) is 28.8 Å². The van der Waals surface area contributed by atoms with Crippen molar-refractivity contribution in [2.45, 2.75) is 13.0 Å². The molecule has 0 radical (unpaired) electrons. The zero-order valence-corrected chi connectivity index (χ0v) is 14.6. The Morgan fingerprint density at radius 2 is 2.12 bits per heavy atom. The van der Waals surface area contributed by atoms with Gasteiger partial charge in [-0.1, -0.05) is 6.07 Å². The molecule has 0 fully saturated rings. The molecular weight excluding hydrogens is 326 g/mol. The Labute approximate surface area is 144 Å². The van der Waals surface area contributed by atoms with Crippen LogP contribution in [0.1, 0.15) is 17.6 Å². The summed E-state index contributed by atoms with van der Waals surface area (Å²) in [6.45, 7) is 2.33. The lowest BCUT2D eigenvalue weighted by Gasteiger charge is -2.22. The number of carbonyl (C=O) groups excluding carboxylic acids is 1. The SMILES string of the molecule is Cc1ccc(C(CNC(=O)Nc2cccc3nsnc23)N(C)C)o1. The van der Waals surface area contributed by atoms with E-state index in [4.69, 9.17) is 4.42 Å². The number of amides is 2. The van der Waals surface area contributed by atoms with Gasteiger partial charge in [0.1, 0.15) is 22.6 Å². The summed E-state index contributed by atoms with van der Waals surface area (Å²) in [7, 11) is 3.90. The number of furan rings is 1. The zero-order valence-electron chi connectivity index (χ0n) is 13.7. The molecule has 7 nitrogen and oxygen atoms in total. The number of fused-ring (bicyclic) bond motifs is 1. The molecule has 0 bridgehead atoms. The van der Waals surface area contributed by atoms with Crippen LogP contribution in [0.4, 0.5) is 10.5 Å². The van der Waals surface area contributed by atoms with Gasteiger partial charge < -0.3 is 15.1 Å². The van der Waals surface area contributed by atoms with Crippen molar-refractivity contribution in [2.24, 2.45) is 0 Å². The van der Waals surface area contributed by atoms with Gasteiger partial charge in [0.15, 0.2) is 0 Å². The summed E-state index contributed by atoms with van der Waals surface area (Å²) in [5.74, 6) is 1.67. The average Bonchev–Trinajstić information content (AvgIpc) is 3.17. The first-order valence-corrected chi connectivity index (χ1v) is 8.26. The van der Waals surface area contributed by atoms with Gasteiger partial charge in [0.25, 0.3) is 0 Å². The maximum absolute atomic E-state index is 12.2. The van der Waals surface area contributed by atoms with Gasteiger partial charge in [-0.2, -0.15) is 8.75 Å². The second kappa shape index (κ2) is 6.98. The highest BCUT2D eigenvalue weighted by Gasteiger charge is 2.19. The van der Waals surface area contributed by atoms with Crippen LogP contribution >= 0.6 is 11.7 Å². The van der Waals surface area contributed by atoms with Crippen LogP contribution in [0.2, 0.25) is 0 Å². The molecule has 0 aliphatic carbocycles. The third-order valence-electron chi connectivity index (χ3n) is 3.70. The number of likely N-dealkylation sites (N-methyl/N-ethyl adjacent to an activating group) is 1. The molecule has 0 spiro atoms. The fourth-order valence-corrected chi connectivity index (χ4v) is 2.98. The zero-order chi connectivity index (χ0) is 17.1. The lowest BCUT2D eigenvalue weighted by atomic mass is 10.2. The molecule has 2 heterocycles. The van der Waals surface area contributed by atoms with Crippen LogP contribution in [-0.2, 0) is 0 Å². The molecule has 126 valence electrons. The first-order chi connectivity index (χ1) is 11.5. The van der Waals surface area contributed by atoms with E-state index < -0.39 is 0 Å². The van der Waals surface area contributed by atoms with Gasteiger partial charge in [0.2, 0.25) is 0 Å². The number of aromatic nitrogens is 2. The third-order valence-corrected chi connectivity index (χ3v) is 4.25. The Hall–Kier alpha value is -2.45. The van der Waals surface area contributed by atoms with E-state index in [1.54, 1.807) is 0 Å². The fraction of sp³-hybridized carbons (Fsp3) is 0.312. The highest BCUT2D eigenvalue weighted by Crippen LogP contribution is 2.22. The number of urea groups is 1. The van der Waals surface area contributed by atoms with Crippen molar-refractivity contribution in [1.82, 2.24) is 19.0 Å². The molecule has 8 heteroatoms. The first kappa shape index (κ1) is 16.4. The molecule has 3 aromatic rings. The maximum atomic E-state index is 12.2. The van der Waals surface area contributed by atoms with Crippen molar-refractivity contribution in [2.75, 3.05) is 26.0 Å². The molecule has 24 heavy (non-hydrogen) atoms. The molecule has 1 atom stereocenters. The molecule has 2 aromatic heterocycles. The Balaban J connectivity index is 1.65. The van der Waals surface area contributed by atoms with Gasteiger partial charge in [0.05, 0.1) is 23.5 Å². The normalized spacial score (nSPS) is 12.5. The second-order valence-electron chi connectivity index (χ2n) is 5.70. The van der Waals surface area contributed by atoms with Crippen molar-refractivity contribution in [3.8, 4) is 0 Å². The molecule has 2 amide bonds. The Bertz CT molecular complexity index is 842. The van der Waals surface area contributed by atoms with Crippen molar-refractivity contribution in [3.63, 3.8) is 0 Å². The molecule has 1 unspecified atom stereocenters. The molecule has 0 aliphatic heterocycles. The van der Waals surface area contributed by atoms with E-state index in [1.165, 1.54) is 0 Å². The number of rotatable bonds is 5. The average molecular weight is 345 g/mol. The Morgan fingerprint density at radius 3 is 2.83 bits per heavy atom. The quantitative estimate of drug-likeness (QED) is 0.743. The maximum Gasteiger partial charge on any atom is 0.319 e. The molecule has 0 saturated heterocycles. The summed E-state index contributed by atoms with van der Waals surface area (Å²) in [5, 5.41) is 5.71. The number of benzene rings is 1. The molecule has 0 aliphatic rings. The van der Waals surface area contributed by atoms with Crippen LogP contribution in [0.3, 0.4) is 0 Å². The molecule has 2 N–H and O–H groups in total. The van der Waals surface area contributed by atoms with Gasteiger partial charge in [-0.15, -0.1) is 0 Å². The van der Waals surface area contributed by atoms with Crippen molar-refractivity contribution in [1.29, 1.82) is 0 Å². The standard InChI is InChI=1S/C16H19N5O2S/c1-10-7-8-14(23-10)13(21(2)3)9-17-16(22)18-11-5-4-6-12-15(11)20-24-19-12/h4-8,13H,9H2,1-3H3,(H2,17,18,22). The van der Waals surface area contributed by atoms with Gasteiger partial charge >= 0.3 is 6.03 Å².